The molecule has 1 saturated carbocycles. The van der Waals surface area contributed by atoms with Gasteiger partial charge in [0.05, 0.1) is 0 Å². The van der Waals surface area contributed by atoms with E-state index < -0.39 is 0 Å². The van der Waals surface area contributed by atoms with Crippen molar-refractivity contribution in [2.24, 2.45) is 11.1 Å². The van der Waals surface area contributed by atoms with Crippen LogP contribution in [0.4, 0.5) is 0 Å². The third kappa shape index (κ3) is 1.08. The van der Waals surface area contributed by atoms with Crippen LogP contribution in [0.2, 0.25) is 0 Å². The highest BCUT2D eigenvalue weighted by atomic mass is 35.5. The molecule has 9 heavy (non-hydrogen) atoms. The zero-order valence-electron chi connectivity index (χ0n) is 5.30. The Morgan fingerprint density at radius 2 is 1.89 bits per heavy atom. The summed E-state index contributed by atoms with van der Waals surface area (Å²) in [6.07, 6.45) is 2.61. The fourth-order valence-electron chi connectivity index (χ4n) is 1.68. The zero-order valence-corrected chi connectivity index (χ0v) is 6.93. The summed E-state index contributed by atoms with van der Waals surface area (Å²) in [7, 11) is 0. The summed E-state index contributed by atoms with van der Waals surface area (Å²) in [5.74, 6) is 2.78. The van der Waals surface area contributed by atoms with E-state index in [1.165, 1.54) is 24.3 Å². The third-order valence-electron chi connectivity index (χ3n) is 2.21. The van der Waals surface area contributed by atoms with Crippen LogP contribution < -0.4 is 5.73 Å². The molecule has 1 aliphatic heterocycles. The van der Waals surface area contributed by atoms with Crippen LogP contribution in [0.15, 0.2) is 0 Å². The van der Waals surface area contributed by atoms with Gasteiger partial charge in [0.1, 0.15) is 0 Å². The Labute approximate surface area is 66.2 Å². The molecule has 0 unspecified atom stereocenters. The third-order valence-corrected chi connectivity index (χ3v) is 3.84. The van der Waals surface area contributed by atoms with Crippen LogP contribution in [0, 0.1) is 5.41 Å². The van der Waals surface area contributed by atoms with Gasteiger partial charge in [0.25, 0.3) is 0 Å². The van der Waals surface area contributed by atoms with Gasteiger partial charge in [0, 0.05) is 6.04 Å². The molecule has 1 spiro atoms. The standard InChI is InChI=1S/C6H11NS.ClH/c7-5-1-6(2-5)3-8-4-6;/h5H,1-4,7H2;1H. The predicted molar refractivity (Wildman–Crippen MR) is 44.2 cm³/mol. The largest absolute Gasteiger partial charge is 0.328 e. The lowest BCUT2D eigenvalue weighted by molar-refractivity contribution is 0.152. The summed E-state index contributed by atoms with van der Waals surface area (Å²) in [5, 5.41) is 0. The number of hydrogen-bond acceptors (Lipinski definition) is 2. The second-order valence-electron chi connectivity index (χ2n) is 3.16. The highest BCUT2D eigenvalue weighted by Crippen LogP contribution is 2.52. The minimum atomic E-state index is 0. The van der Waals surface area contributed by atoms with E-state index in [1.54, 1.807) is 0 Å². The quantitative estimate of drug-likeness (QED) is 0.585. The minimum Gasteiger partial charge on any atom is -0.328 e. The maximum atomic E-state index is 5.65. The monoisotopic (exact) mass is 165 g/mol. The molecule has 1 saturated heterocycles. The average Bonchev–Trinajstić information content (AvgIpc) is 1.51. The Hall–Kier alpha value is 0.600. The minimum absolute atomic E-state index is 0. The van der Waals surface area contributed by atoms with Gasteiger partial charge in [-0.25, -0.2) is 0 Å². The maximum Gasteiger partial charge on any atom is 0.00506 e. The fraction of sp³-hybridized carbons (Fsp3) is 1.00. The molecule has 0 aromatic carbocycles. The summed E-state index contributed by atoms with van der Waals surface area (Å²) in [4.78, 5) is 0. The van der Waals surface area contributed by atoms with E-state index in [2.05, 4.69) is 11.8 Å². The van der Waals surface area contributed by atoms with E-state index >= 15 is 0 Å². The van der Waals surface area contributed by atoms with Crippen LogP contribution in [0.5, 0.6) is 0 Å². The Balaban J connectivity index is 0.000000405. The Kier molecular flexibility index (Phi) is 1.99. The Bertz CT molecular complexity index is 106. The highest BCUT2D eigenvalue weighted by molar-refractivity contribution is 8.00. The molecular formula is C6H12ClNS. The van der Waals surface area contributed by atoms with Crippen molar-refractivity contribution in [2.75, 3.05) is 11.5 Å². The van der Waals surface area contributed by atoms with Gasteiger partial charge in [-0.3, -0.25) is 0 Å². The zero-order chi connectivity index (χ0) is 5.61. The SMILES string of the molecule is Cl.NC1CC2(CSC2)C1. The summed E-state index contributed by atoms with van der Waals surface area (Å²) >= 11 is 2.07. The van der Waals surface area contributed by atoms with E-state index in [1.807, 2.05) is 0 Å². The second-order valence-corrected chi connectivity index (χ2v) is 4.15. The summed E-state index contributed by atoms with van der Waals surface area (Å²) < 4.78 is 0. The molecular weight excluding hydrogens is 154 g/mol. The van der Waals surface area contributed by atoms with E-state index in [4.69, 9.17) is 5.73 Å². The Morgan fingerprint density at radius 3 is 2.00 bits per heavy atom. The normalized spacial score (nSPS) is 30.3. The molecule has 0 amide bonds. The van der Waals surface area contributed by atoms with Gasteiger partial charge in [0.15, 0.2) is 0 Å². The maximum absolute atomic E-state index is 5.65. The van der Waals surface area contributed by atoms with E-state index in [0.717, 1.165) is 5.41 Å². The van der Waals surface area contributed by atoms with E-state index in [0.29, 0.717) is 6.04 Å². The summed E-state index contributed by atoms with van der Waals surface area (Å²) in [6, 6.07) is 0.552. The first-order valence-corrected chi connectivity index (χ1v) is 4.30. The van der Waals surface area contributed by atoms with Gasteiger partial charge in [-0.2, -0.15) is 11.8 Å². The molecule has 2 rings (SSSR count). The number of hydrogen-bond donors (Lipinski definition) is 1. The molecule has 2 aliphatic rings. The Morgan fingerprint density at radius 1 is 1.33 bits per heavy atom. The molecule has 2 fully saturated rings. The predicted octanol–water partition coefficient (Wildman–Crippen LogP) is 1.26. The van der Waals surface area contributed by atoms with Crippen molar-refractivity contribution in [1.82, 2.24) is 0 Å². The lowest BCUT2D eigenvalue weighted by Gasteiger charge is -2.52. The molecule has 1 heterocycles. The van der Waals surface area contributed by atoms with Crippen molar-refractivity contribution in [3.63, 3.8) is 0 Å². The molecule has 1 aliphatic carbocycles. The number of nitrogens with two attached hydrogens (primary N) is 1. The van der Waals surface area contributed by atoms with Crippen LogP contribution in [-0.2, 0) is 0 Å². The van der Waals surface area contributed by atoms with Gasteiger partial charge in [-0.15, -0.1) is 12.4 Å². The number of halogens is 1. The van der Waals surface area contributed by atoms with Crippen LogP contribution in [0.3, 0.4) is 0 Å². The van der Waals surface area contributed by atoms with Crippen LogP contribution in [-0.4, -0.2) is 17.5 Å². The average molecular weight is 166 g/mol. The van der Waals surface area contributed by atoms with Gasteiger partial charge >= 0.3 is 0 Å². The first-order chi connectivity index (χ1) is 3.81. The van der Waals surface area contributed by atoms with Crippen LogP contribution >= 0.6 is 24.2 Å². The number of thioether (sulfide) groups is 1. The molecule has 0 bridgehead atoms. The van der Waals surface area contributed by atoms with Crippen LogP contribution in [0.25, 0.3) is 0 Å². The molecule has 1 nitrogen and oxygen atoms in total. The van der Waals surface area contributed by atoms with Crippen molar-refractivity contribution < 1.29 is 0 Å². The van der Waals surface area contributed by atoms with E-state index in [9.17, 15) is 0 Å². The van der Waals surface area contributed by atoms with Crippen molar-refractivity contribution >= 4 is 24.2 Å². The van der Waals surface area contributed by atoms with Crippen molar-refractivity contribution in [3.05, 3.63) is 0 Å². The van der Waals surface area contributed by atoms with Crippen molar-refractivity contribution in [3.8, 4) is 0 Å². The first kappa shape index (κ1) is 7.70. The van der Waals surface area contributed by atoms with Gasteiger partial charge in [-0.1, -0.05) is 0 Å². The molecule has 2 N–H and O–H groups in total. The molecule has 0 aromatic heterocycles. The van der Waals surface area contributed by atoms with E-state index in [-0.39, 0.29) is 12.4 Å². The van der Waals surface area contributed by atoms with Crippen LogP contribution in [0.1, 0.15) is 12.8 Å². The summed E-state index contributed by atoms with van der Waals surface area (Å²) in [5.41, 5.74) is 6.41. The lowest BCUT2D eigenvalue weighted by Crippen LogP contribution is -2.53. The molecule has 0 aromatic rings. The molecule has 54 valence electrons. The molecule has 3 heteroatoms. The highest BCUT2D eigenvalue weighted by Gasteiger charge is 2.47. The van der Waals surface area contributed by atoms with Gasteiger partial charge < -0.3 is 5.73 Å². The smallest absolute Gasteiger partial charge is 0.00506 e. The second kappa shape index (κ2) is 2.33. The first-order valence-electron chi connectivity index (χ1n) is 3.14. The number of rotatable bonds is 0. The topological polar surface area (TPSA) is 26.0 Å². The lowest BCUT2D eigenvalue weighted by atomic mass is 9.68. The van der Waals surface area contributed by atoms with Crippen molar-refractivity contribution in [2.45, 2.75) is 18.9 Å². The van der Waals surface area contributed by atoms with Gasteiger partial charge in [0.2, 0.25) is 0 Å². The fourth-order valence-corrected chi connectivity index (χ4v) is 2.93. The van der Waals surface area contributed by atoms with Crippen molar-refractivity contribution in [1.29, 1.82) is 0 Å². The molecule has 0 radical (unpaired) electrons. The molecule has 0 atom stereocenters. The summed E-state index contributed by atoms with van der Waals surface area (Å²) in [6.45, 7) is 0. The van der Waals surface area contributed by atoms with Gasteiger partial charge in [-0.05, 0) is 29.8 Å².